The van der Waals surface area contributed by atoms with Gasteiger partial charge in [-0.25, -0.2) is 14.6 Å². The van der Waals surface area contributed by atoms with E-state index in [2.05, 4.69) is 25.7 Å². The van der Waals surface area contributed by atoms with E-state index >= 15 is 0 Å². The van der Waals surface area contributed by atoms with Gasteiger partial charge in [-0.3, -0.25) is 9.59 Å². The molecule has 2 aromatic heterocycles. The standard InChI is InChI=1S/C19H20N6O2/c26-18(8-9-21-19(27)10-15-4-2-1-3-5-15)23-12-16-6-7-17(22-11-16)25-14-20-13-24-25/h1-7,11,13-14H,8-10,12H2,(H,21,27)(H,23,26). The van der Waals surface area contributed by atoms with Crippen molar-refractivity contribution >= 4 is 11.8 Å². The first-order chi connectivity index (χ1) is 13.2. The Balaban J connectivity index is 1.35. The van der Waals surface area contributed by atoms with E-state index in [4.69, 9.17) is 0 Å². The number of rotatable bonds is 8. The molecule has 3 rings (SSSR count). The highest BCUT2D eigenvalue weighted by atomic mass is 16.2. The molecule has 0 aliphatic heterocycles. The van der Waals surface area contributed by atoms with Crippen molar-refractivity contribution in [2.24, 2.45) is 0 Å². The van der Waals surface area contributed by atoms with E-state index in [0.717, 1.165) is 11.1 Å². The molecule has 0 bridgehead atoms. The Morgan fingerprint density at radius 3 is 2.52 bits per heavy atom. The number of aromatic nitrogens is 4. The second-order valence-electron chi connectivity index (χ2n) is 5.90. The molecule has 0 unspecified atom stereocenters. The number of nitrogens with zero attached hydrogens (tertiary/aromatic N) is 4. The summed E-state index contributed by atoms with van der Waals surface area (Å²) < 4.78 is 1.56. The van der Waals surface area contributed by atoms with E-state index in [-0.39, 0.29) is 18.2 Å². The number of amides is 2. The molecule has 0 fully saturated rings. The first-order valence-corrected chi connectivity index (χ1v) is 8.58. The van der Waals surface area contributed by atoms with Crippen molar-refractivity contribution in [2.45, 2.75) is 19.4 Å². The molecule has 138 valence electrons. The van der Waals surface area contributed by atoms with Crippen LogP contribution < -0.4 is 10.6 Å². The lowest BCUT2D eigenvalue weighted by Gasteiger charge is -2.07. The van der Waals surface area contributed by atoms with Crippen molar-refractivity contribution in [3.05, 3.63) is 72.4 Å². The van der Waals surface area contributed by atoms with Crippen LogP contribution in [0.4, 0.5) is 0 Å². The maximum Gasteiger partial charge on any atom is 0.224 e. The molecule has 8 nitrogen and oxygen atoms in total. The molecular weight excluding hydrogens is 344 g/mol. The van der Waals surface area contributed by atoms with Gasteiger partial charge in [0.05, 0.1) is 6.42 Å². The van der Waals surface area contributed by atoms with Crippen LogP contribution in [0, 0.1) is 0 Å². The Labute approximate surface area is 156 Å². The molecule has 1 aromatic carbocycles. The third-order valence-corrected chi connectivity index (χ3v) is 3.83. The molecule has 0 atom stereocenters. The minimum atomic E-state index is -0.129. The summed E-state index contributed by atoms with van der Waals surface area (Å²) in [6.07, 6.45) is 5.22. The molecule has 2 N–H and O–H groups in total. The first-order valence-electron chi connectivity index (χ1n) is 8.58. The van der Waals surface area contributed by atoms with Crippen LogP contribution >= 0.6 is 0 Å². The average Bonchev–Trinajstić information content (AvgIpc) is 3.22. The molecular formula is C19H20N6O2. The second kappa shape index (κ2) is 9.23. The Morgan fingerprint density at radius 1 is 0.963 bits per heavy atom. The number of carbonyl (C=O) groups is 2. The van der Waals surface area contributed by atoms with E-state index in [1.807, 2.05) is 36.4 Å². The van der Waals surface area contributed by atoms with Crippen LogP contribution in [0.3, 0.4) is 0 Å². The molecule has 8 heteroatoms. The van der Waals surface area contributed by atoms with Gasteiger partial charge in [0, 0.05) is 25.7 Å². The fourth-order valence-electron chi connectivity index (χ4n) is 2.43. The molecule has 3 aromatic rings. The SMILES string of the molecule is O=C(CCNC(=O)Cc1ccccc1)NCc1ccc(-n2cncn2)nc1. The van der Waals surface area contributed by atoms with E-state index in [9.17, 15) is 9.59 Å². The van der Waals surface area contributed by atoms with Gasteiger partial charge < -0.3 is 10.6 Å². The van der Waals surface area contributed by atoms with E-state index in [1.165, 1.54) is 6.33 Å². The monoisotopic (exact) mass is 364 g/mol. The predicted octanol–water partition coefficient (Wildman–Crippen LogP) is 1.03. The molecule has 0 saturated carbocycles. The topological polar surface area (TPSA) is 102 Å². The summed E-state index contributed by atoms with van der Waals surface area (Å²) in [4.78, 5) is 31.9. The van der Waals surface area contributed by atoms with Crippen LogP contribution in [-0.2, 0) is 22.6 Å². The summed E-state index contributed by atoms with van der Waals surface area (Å²) in [5, 5.41) is 9.57. The Hall–Kier alpha value is -3.55. The molecule has 2 amide bonds. The largest absolute Gasteiger partial charge is 0.355 e. The zero-order valence-electron chi connectivity index (χ0n) is 14.7. The highest BCUT2D eigenvalue weighted by molar-refractivity contribution is 5.80. The van der Waals surface area contributed by atoms with Crippen LogP contribution in [0.15, 0.2) is 61.3 Å². The van der Waals surface area contributed by atoms with Gasteiger partial charge in [-0.15, -0.1) is 0 Å². The van der Waals surface area contributed by atoms with Gasteiger partial charge in [0.1, 0.15) is 12.7 Å². The van der Waals surface area contributed by atoms with Gasteiger partial charge in [0.25, 0.3) is 0 Å². The minimum Gasteiger partial charge on any atom is -0.355 e. The van der Waals surface area contributed by atoms with Crippen LogP contribution in [0.2, 0.25) is 0 Å². The fraction of sp³-hybridized carbons (Fsp3) is 0.211. The number of pyridine rings is 1. The van der Waals surface area contributed by atoms with Crippen molar-refractivity contribution in [2.75, 3.05) is 6.54 Å². The Kier molecular flexibility index (Phi) is 6.24. The third kappa shape index (κ3) is 5.74. The molecule has 0 aliphatic carbocycles. The van der Waals surface area contributed by atoms with E-state index in [0.29, 0.717) is 25.3 Å². The Morgan fingerprint density at radius 2 is 1.81 bits per heavy atom. The van der Waals surface area contributed by atoms with Gasteiger partial charge in [0.2, 0.25) is 11.8 Å². The third-order valence-electron chi connectivity index (χ3n) is 3.83. The zero-order valence-corrected chi connectivity index (χ0v) is 14.7. The molecule has 0 spiro atoms. The lowest BCUT2D eigenvalue weighted by molar-refractivity contribution is -0.122. The number of carbonyl (C=O) groups excluding carboxylic acids is 2. The second-order valence-corrected chi connectivity index (χ2v) is 5.90. The first kappa shape index (κ1) is 18.2. The zero-order chi connectivity index (χ0) is 18.9. The number of nitrogens with one attached hydrogen (secondary N) is 2. The maximum absolute atomic E-state index is 11.9. The van der Waals surface area contributed by atoms with E-state index < -0.39 is 0 Å². The summed E-state index contributed by atoms with van der Waals surface area (Å²) in [7, 11) is 0. The normalized spacial score (nSPS) is 10.4. The van der Waals surface area contributed by atoms with Crippen molar-refractivity contribution in [3.8, 4) is 5.82 Å². The number of hydrogen-bond donors (Lipinski definition) is 2. The molecule has 0 aliphatic rings. The summed E-state index contributed by atoms with van der Waals surface area (Å²) in [6, 6.07) is 13.2. The van der Waals surface area contributed by atoms with E-state index in [1.54, 1.807) is 23.3 Å². The van der Waals surface area contributed by atoms with Crippen LogP contribution in [0.1, 0.15) is 17.5 Å². The summed E-state index contributed by atoms with van der Waals surface area (Å²) >= 11 is 0. The quantitative estimate of drug-likeness (QED) is 0.622. The van der Waals surface area contributed by atoms with Crippen molar-refractivity contribution < 1.29 is 9.59 Å². The van der Waals surface area contributed by atoms with Crippen molar-refractivity contribution in [3.63, 3.8) is 0 Å². The van der Waals surface area contributed by atoms with Crippen LogP contribution in [0.5, 0.6) is 0 Å². The Bertz CT molecular complexity index is 863. The molecule has 2 heterocycles. The maximum atomic E-state index is 11.9. The molecule has 0 saturated heterocycles. The number of hydrogen-bond acceptors (Lipinski definition) is 5. The summed E-state index contributed by atoms with van der Waals surface area (Å²) in [6.45, 7) is 0.683. The van der Waals surface area contributed by atoms with Crippen LogP contribution in [-0.4, -0.2) is 38.1 Å². The van der Waals surface area contributed by atoms with Crippen molar-refractivity contribution in [1.29, 1.82) is 0 Å². The lowest BCUT2D eigenvalue weighted by atomic mass is 10.1. The van der Waals surface area contributed by atoms with Gasteiger partial charge >= 0.3 is 0 Å². The number of benzene rings is 1. The van der Waals surface area contributed by atoms with Gasteiger partial charge in [-0.1, -0.05) is 36.4 Å². The van der Waals surface area contributed by atoms with Gasteiger partial charge in [-0.2, -0.15) is 5.10 Å². The summed E-state index contributed by atoms with van der Waals surface area (Å²) in [5.74, 6) is 0.431. The fourth-order valence-corrected chi connectivity index (χ4v) is 2.43. The average molecular weight is 364 g/mol. The molecule has 0 radical (unpaired) electrons. The van der Waals surface area contributed by atoms with Crippen LogP contribution in [0.25, 0.3) is 5.82 Å². The highest BCUT2D eigenvalue weighted by Crippen LogP contribution is 2.04. The van der Waals surface area contributed by atoms with Gasteiger partial charge in [-0.05, 0) is 17.2 Å². The highest BCUT2D eigenvalue weighted by Gasteiger charge is 2.06. The summed E-state index contributed by atoms with van der Waals surface area (Å²) in [5.41, 5.74) is 1.82. The molecule has 27 heavy (non-hydrogen) atoms. The lowest BCUT2D eigenvalue weighted by Crippen LogP contribution is -2.31. The van der Waals surface area contributed by atoms with Gasteiger partial charge in [0.15, 0.2) is 5.82 Å². The predicted molar refractivity (Wildman–Crippen MR) is 98.8 cm³/mol. The smallest absolute Gasteiger partial charge is 0.224 e. The van der Waals surface area contributed by atoms with Crippen molar-refractivity contribution in [1.82, 2.24) is 30.4 Å². The minimum absolute atomic E-state index is 0.0955.